The van der Waals surface area contributed by atoms with Crippen LogP contribution in [0.1, 0.15) is 29.3 Å². The van der Waals surface area contributed by atoms with Gasteiger partial charge in [0.25, 0.3) is 11.8 Å². The largest absolute Gasteiger partial charge is 0.497 e. The molecule has 0 bridgehead atoms. The highest BCUT2D eigenvalue weighted by molar-refractivity contribution is 8.00. The van der Waals surface area contributed by atoms with Gasteiger partial charge in [-0.15, -0.1) is 11.8 Å². The van der Waals surface area contributed by atoms with E-state index in [0.717, 1.165) is 4.90 Å². The topological polar surface area (TPSA) is 106 Å². The molecule has 0 aliphatic rings. The van der Waals surface area contributed by atoms with E-state index in [1.54, 1.807) is 111 Å². The summed E-state index contributed by atoms with van der Waals surface area (Å²) in [5.41, 5.74) is 2.15. The normalized spacial score (nSPS) is 11.7. The average molecular weight is 630 g/mol. The van der Waals surface area contributed by atoms with Gasteiger partial charge in [0.15, 0.2) is 0 Å². The summed E-state index contributed by atoms with van der Waals surface area (Å²) in [4.78, 5) is 40.3. The molecule has 0 fully saturated rings. The summed E-state index contributed by atoms with van der Waals surface area (Å²) < 4.78 is 10.6. The van der Waals surface area contributed by atoms with Gasteiger partial charge in [0.1, 0.15) is 17.2 Å². The summed E-state index contributed by atoms with van der Waals surface area (Å²) in [6, 6.07) is 27.9. The molecule has 0 radical (unpaired) electrons. The zero-order valence-corrected chi connectivity index (χ0v) is 26.0. The Morgan fingerprint density at radius 2 is 1.52 bits per heavy atom. The van der Waals surface area contributed by atoms with Crippen molar-refractivity contribution in [1.29, 1.82) is 0 Å². The molecule has 10 heteroatoms. The average Bonchev–Trinajstić information content (AvgIpc) is 3.03. The van der Waals surface area contributed by atoms with Gasteiger partial charge < -0.3 is 25.4 Å². The van der Waals surface area contributed by atoms with Gasteiger partial charge in [0, 0.05) is 45.1 Å². The van der Waals surface area contributed by atoms with Crippen LogP contribution in [0.25, 0.3) is 6.08 Å². The van der Waals surface area contributed by atoms with Crippen molar-refractivity contribution in [1.82, 2.24) is 5.32 Å². The SMILES string of the molecule is CCC(Sc1cccc(NC(=O)/C(=C/c2cccc(Cl)c2)NC(=O)c2ccccc2)c1)C(=O)Nc1cc(OC)cc(OC)c1. The number of amides is 3. The lowest BCUT2D eigenvalue weighted by Crippen LogP contribution is -2.30. The van der Waals surface area contributed by atoms with Gasteiger partial charge in [-0.2, -0.15) is 0 Å². The van der Waals surface area contributed by atoms with Gasteiger partial charge in [-0.1, -0.05) is 54.9 Å². The maximum atomic E-state index is 13.5. The number of hydrogen-bond acceptors (Lipinski definition) is 6. The van der Waals surface area contributed by atoms with E-state index in [-0.39, 0.29) is 11.6 Å². The first-order chi connectivity index (χ1) is 21.3. The fourth-order valence-electron chi connectivity index (χ4n) is 4.14. The molecule has 1 atom stereocenters. The lowest BCUT2D eigenvalue weighted by molar-refractivity contribution is -0.116. The molecule has 0 aliphatic heterocycles. The van der Waals surface area contributed by atoms with E-state index in [9.17, 15) is 14.4 Å². The monoisotopic (exact) mass is 629 g/mol. The third-order valence-corrected chi connectivity index (χ3v) is 7.93. The highest BCUT2D eigenvalue weighted by Crippen LogP contribution is 2.30. The van der Waals surface area contributed by atoms with Gasteiger partial charge >= 0.3 is 0 Å². The molecular weight excluding hydrogens is 598 g/mol. The minimum atomic E-state index is -0.520. The van der Waals surface area contributed by atoms with Crippen LogP contribution in [0.4, 0.5) is 11.4 Å². The minimum Gasteiger partial charge on any atom is -0.497 e. The number of anilines is 2. The van der Waals surface area contributed by atoms with Crippen LogP contribution in [0.2, 0.25) is 5.02 Å². The molecular formula is C34H32ClN3O5S. The maximum Gasteiger partial charge on any atom is 0.272 e. The molecule has 226 valence electrons. The second kappa shape index (κ2) is 15.7. The standard InChI is InChI=1S/C34H32ClN3O5S/c1-4-31(34(41)37-26-18-27(42-2)21-28(19-26)43-3)44-29-15-9-14-25(20-29)36-33(40)30(17-22-10-8-13-24(35)16-22)38-32(39)23-11-6-5-7-12-23/h5-21,31H,4H2,1-3H3,(H,36,40)(H,37,41)(H,38,39)/b30-17-. The smallest absolute Gasteiger partial charge is 0.272 e. The number of nitrogens with one attached hydrogen (secondary N) is 3. The Hall–Kier alpha value is -4.73. The number of carbonyl (C=O) groups excluding carboxylic acids is 3. The van der Waals surface area contributed by atoms with Crippen LogP contribution in [0.5, 0.6) is 11.5 Å². The Bertz CT molecular complexity index is 1640. The van der Waals surface area contributed by atoms with E-state index in [0.29, 0.717) is 45.4 Å². The first-order valence-corrected chi connectivity index (χ1v) is 15.0. The molecule has 1 unspecified atom stereocenters. The third kappa shape index (κ3) is 9.13. The Labute approximate surface area is 265 Å². The van der Waals surface area contributed by atoms with Crippen molar-refractivity contribution in [3.63, 3.8) is 0 Å². The predicted octanol–water partition coefficient (Wildman–Crippen LogP) is 7.28. The van der Waals surface area contributed by atoms with E-state index in [1.165, 1.54) is 11.8 Å². The first-order valence-electron chi connectivity index (χ1n) is 13.7. The fourth-order valence-corrected chi connectivity index (χ4v) is 5.35. The maximum absolute atomic E-state index is 13.5. The molecule has 3 amide bonds. The zero-order valence-electron chi connectivity index (χ0n) is 24.4. The van der Waals surface area contributed by atoms with Crippen molar-refractivity contribution in [3.8, 4) is 11.5 Å². The van der Waals surface area contributed by atoms with E-state index in [2.05, 4.69) is 16.0 Å². The molecule has 8 nitrogen and oxygen atoms in total. The van der Waals surface area contributed by atoms with Crippen LogP contribution in [-0.4, -0.2) is 37.2 Å². The quantitative estimate of drug-likeness (QED) is 0.112. The molecule has 0 saturated carbocycles. The zero-order chi connectivity index (χ0) is 31.5. The van der Waals surface area contributed by atoms with E-state index in [1.807, 2.05) is 13.0 Å². The number of methoxy groups -OCH3 is 2. The van der Waals surface area contributed by atoms with Crippen molar-refractivity contribution in [2.24, 2.45) is 0 Å². The molecule has 3 N–H and O–H groups in total. The van der Waals surface area contributed by atoms with Gasteiger partial charge in [0.2, 0.25) is 5.91 Å². The van der Waals surface area contributed by atoms with Crippen molar-refractivity contribution >= 4 is 58.5 Å². The molecule has 4 rings (SSSR count). The lowest BCUT2D eigenvalue weighted by Gasteiger charge is -2.17. The van der Waals surface area contributed by atoms with Crippen molar-refractivity contribution in [2.45, 2.75) is 23.5 Å². The minimum absolute atomic E-state index is 0.0405. The van der Waals surface area contributed by atoms with Crippen molar-refractivity contribution < 1.29 is 23.9 Å². The number of rotatable bonds is 12. The van der Waals surface area contributed by atoms with Crippen LogP contribution in [-0.2, 0) is 9.59 Å². The predicted molar refractivity (Wildman–Crippen MR) is 177 cm³/mol. The molecule has 0 spiro atoms. The number of benzene rings is 4. The fraction of sp³-hybridized carbons (Fsp3) is 0.147. The van der Waals surface area contributed by atoms with Gasteiger partial charge in [-0.05, 0) is 60.5 Å². The van der Waals surface area contributed by atoms with Crippen LogP contribution >= 0.6 is 23.4 Å². The van der Waals surface area contributed by atoms with E-state index in [4.69, 9.17) is 21.1 Å². The molecule has 0 aliphatic carbocycles. The Morgan fingerprint density at radius 3 is 2.18 bits per heavy atom. The highest BCUT2D eigenvalue weighted by atomic mass is 35.5. The number of carbonyl (C=O) groups is 3. The number of halogens is 1. The van der Waals surface area contributed by atoms with Crippen LogP contribution < -0.4 is 25.4 Å². The van der Waals surface area contributed by atoms with Gasteiger partial charge in [0.05, 0.1) is 19.5 Å². The molecule has 0 saturated heterocycles. The number of thioether (sulfide) groups is 1. The van der Waals surface area contributed by atoms with Crippen LogP contribution in [0.3, 0.4) is 0 Å². The van der Waals surface area contributed by atoms with Crippen molar-refractivity contribution in [3.05, 3.63) is 119 Å². The van der Waals surface area contributed by atoms with E-state index < -0.39 is 17.1 Å². The summed E-state index contributed by atoms with van der Waals surface area (Å²) in [5.74, 6) is -0.00497. The Kier molecular flexibility index (Phi) is 11.5. The summed E-state index contributed by atoms with van der Waals surface area (Å²) in [6.45, 7) is 1.93. The lowest BCUT2D eigenvalue weighted by atomic mass is 10.1. The molecule has 4 aromatic carbocycles. The number of hydrogen-bond donors (Lipinski definition) is 3. The number of ether oxygens (including phenoxy) is 2. The second-order valence-electron chi connectivity index (χ2n) is 9.52. The van der Waals surface area contributed by atoms with Crippen LogP contribution in [0.15, 0.2) is 108 Å². The summed E-state index contributed by atoms with van der Waals surface area (Å²) in [7, 11) is 3.09. The summed E-state index contributed by atoms with van der Waals surface area (Å²) in [5, 5.41) is 8.61. The summed E-state index contributed by atoms with van der Waals surface area (Å²) >= 11 is 7.52. The molecule has 44 heavy (non-hydrogen) atoms. The van der Waals surface area contributed by atoms with Crippen molar-refractivity contribution in [2.75, 3.05) is 24.9 Å². The van der Waals surface area contributed by atoms with Gasteiger partial charge in [-0.3, -0.25) is 14.4 Å². The molecule has 0 aromatic heterocycles. The van der Waals surface area contributed by atoms with Gasteiger partial charge in [-0.25, -0.2) is 0 Å². The third-order valence-electron chi connectivity index (χ3n) is 6.34. The highest BCUT2D eigenvalue weighted by Gasteiger charge is 2.20. The molecule has 0 heterocycles. The first kappa shape index (κ1) is 32.2. The van der Waals surface area contributed by atoms with E-state index >= 15 is 0 Å². The second-order valence-corrected chi connectivity index (χ2v) is 11.2. The van der Waals surface area contributed by atoms with Crippen LogP contribution in [0, 0.1) is 0 Å². The Morgan fingerprint density at radius 1 is 0.818 bits per heavy atom. The Balaban J connectivity index is 1.50. The molecule has 4 aromatic rings. The summed E-state index contributed by atoms with van der Waals surface area (Å²) in [6.07, 6.45) is 2.12.